The minimum atomic E-state index is -0.771. The molecule has 6 nitrogen and oxygen atoms in total. The Kier molecular flexibility index (Phi) is 8.24. The van der Waals surface area contributed by atoms with Crippen LogP contribution in [-0.4, -0.2) is 32.1 Å². The molecular weight excluding hydrogens is 468 g/mol. The van der Waals surface area contributed by atoms with Crippen LogP contribution >= 0.6 is 22.7 Å². The first-order chi connectivity index (χ1) is 16.6. The van der Waals surface area contributed by atoms with Gasteiger partial charge < -0.3 is 14.8 Å². The number of nitrogens with one attached hydrogen (secondary N) is 1. The van der Waals surface area contributed by atoms with Crippen molar-refractivity contribution >= 4 is 40.2 Å². The third kappa shape index (κ3) is 5.62. The Morgan fingerprint density at radius 3 is 2.38 bits per heavy atom. The van der Waals surface area contributed by atoms with Crippen LogP contribution in [0.1, 0.15) is 47.9 Å². The standard InChI is InChI=1S/C26H30N2O4S2/c1-31-21-13-12-19(16-22(21)32-2)28(24(29)17-20-10-6-14-33-20)25(23-11-7-15-34-23)26(30)27-18-8-4-3-5-9-18/h6-7,10-16,18,25H,3-5,8-9,17H2,1-2H3,(H,27,30). The average Bonchev–Trinajstić information content (AvgIpc) is 3.57. The predicted molar refractivity (Wildman–Crippen MR) is 137 cm³/mol. The second-order valence-corrected chi connectivity index (χ2v) is 10.3. The molecule has 2 amide bonds. The number of anilines is 1. The fraction of sp³-hybridized carbons (Fsp3) is 0.385. The summed E-state index contributed by atoms with van der Waals surface area (Å²) >= 11 is 3.01. The number of ether oxygens (including phenoxy) is 2. The summed E-state index contributed by atoms with van der Waals surface area (Å²) < 4.78 is 10.9. The number of nitrogens with zero attached hydrogens (tertiary/aromatic N) is 1. The van der Waals surface area contributed by atoms with Gasteiger partial charge in [0.15, 0.2) is 11.5 Å². The van der Waals surface area contributed by atoms with Crippen molar-refractivity contribution < 1.29 is 19.1 Å². The third-order valence-corrected chi connectivity index (χ3v) is 7.89. The zero-order valence-electron chi connectivity index (χ0n) is 19.5. The number of rotatable bonds is 9. The van der Waals surface area contributed by atoms with Crippen molar-refractivity contribution in [2.24, 2.45) is 0 Å². The topological polar surface area (TPSA) is 67.9 Å². The number of benzene rings is 1. The number of carbonyl (C=O) groups excluding carboxylic acids is 2. The van der Waals surface area contributed by atoms with E-state index < -0.39 is 6.04 Å². The van der Waals surface area contributed by atoms with Crippen LogP contribution in [0.2, 0.25) is 0 Å². The second kappa shape index (κ2) is 11.5. The quantitative estimate of drug-likeness (QED) is 0.417. The number of thiophene rings is 2. The smallest absolute Gasteiger partial charge is 0.248 e. The maximum atomic E-state index is 13.8. The lowest BCUT2D eigenvalue weighted by Crippen LogP contribution is -2.47. The number of hydrogen-bond donors (Lipinski definition) is 1. The molecule has 180 valence electrons. The molecule has 2 heterocycles. The van der Waals surface area contributed by atoms with Crippen LogP contribution in [0.4, 0.5) is 5.69 Å². The van der Waals surface area contributed by atoms with Gasteiger partial charge in [0.25, 0.3) is 0 Å². The Bertz CT molecular complexity index is 1080. The van der Waals surface area contributed by atoms with E-state index in [2.05, 4.69) is 5.32 Å². The van der Waals surface area contributed by atoms with E-state index in [1.54, 1.807) is 31.3 Å². The fourth-order valence-electron chi connectivity index (χ4n) is 4.41. The van der Waals surface area contributed by atoms with Crippen LogP contribution in [0, 0.1) is 0 Å². The maximum absolute atomic E-state index is 13.8. The lowest BCUT2D eigenvalue weighted by molar-refractivity contribution is -0.127. The van der Waals surface area contributed by atoms with Crippen LogP contribution in [-0.2, 0) is 16.0 Å². The van der Waals surface area contributed by atoms with Gasteiger partial charge >= 0.3 is 0 Å². The predicted octanol–water partition coefficient (Wildman–Crippen LogP) is 5.59. The highest BCUT2D eigenvalue weighted by Crippen LogP contribution is 2.37. The molecule has 3 aromatic rings. The van der Waals surface area contributed by atoms with Crippen LogP contribution in [0.5, 0.6) is 11.5 Å². The van der Waals surface area contributed by atoms with Gasteiger partial charge in [0.05, 0.1) is 20.6 Å². The van der Waals surface area contributed by atoms with E-state index in [9.17, 15) is 9.59 Å². The van der Waals surface area contributed by atoms with E-state index in [0.717, 1.165) is 35.4 Å². The summed E-state index contributed by atoms with van der Waals surface area (Å²) in [5, 5.41) is 7.13. The Hall–Kier alpha value is -2.84. The van der Waals surface area contributed by atoms with Crippen LogP contribution in [0.25, 0.3) is 0 Å². The molecule has 4 rings (SSSR count). The summed E-state index contributed by atoms with van der Waals surface area (Å²) in [5.41, 5.74) is 0.594. The zero-order valence-corrected chi connectivity index (χ0v) is 21.1. The van der Waals surface area contributed by atoms with Crippen molar-refractivity contribution in [2.45, 2.75) is 50.6 Å². The minimum absolute atomic E-state index is 0.142. The molecule has 0 spiro atoms. The maximum Gasteiger partial charge on any atom is 0.248 e. The molecule has 0 bridgehead atoms. The van der Waals surface area contributed by atoms with Crippen molar-refractivity contribution in [3.05, 3.63) is 63.0 Å². The summed E-state index contributed by atoms with van der Waals surface area (Å²) in [6, 6.07) is 12.4. The normalized spacial score (nSPS) is 14.9. The van der Waals surface area contributed by atoms with Gasteiger partial charge in [-0.25, -0.2) is 0 Å². The fourth-order valence-corrected chi connectivity index (χ4v) is 5.92. The Balaban J connectivity index is 1.74. The Morgan fingerprint density at radius 1 is 1.00 bits per heavy atom. The van der Waals surface area contributed by atoms with Crippen molar-refractivity contribution in [2.75, 3.05) is 19.1 Å². The molecule has 0 radical (unpaired) electrons. The van der Waals surface area contributed by atoms with Gasteiger partial charge in [0.1, 0.15) is 6.04 Å². The molecule has 0 aliphatic heterocycles. The van der Waals surface area contributed by atoms with Crippen LogP contribution in [0.3, 0.4) is 0 Å². The van der Waals surface area contributed by atoms with Gasteiger partial charge in [-0.1, -0.05) is 31.4 Å². The molecule has 1 atom stereocenters. The van der Waals surface area contributed by atoms with Crippen LogP contribution < -0.4 is 19.7 Å². The Morgan fingerprint density at radius 2 is 1.74 bits per heavy atom. The molecule has 1 aliphatic rings. The van der Waals surface area contributed by atoms with E-state index in [4.69, 9.17) is 9.47 Å². The van der Waals surface area contributed by atoms with Crippen molar-refractivity contribution in [3.8, 4) is 11.5 Å². The largest absolute Gasteiger partial charge is 0.493 e. The van der Waals surface area contributed by atoms with Gasteiger partial charge in [-0.15, -0.1) is 22.7 Å². The van der Waals surface area contributed by atoms with E-state index >= 15 is 0 Å². The summed E-state index contributed by atoms with van der Waals surface area (Å²) in [6.07, 6.45) is 5.60. The van der Waals surface area contributed by atoms with E-state index in [0.29, 0.717) is 17.2 Å². The van der Waals surface area contributed by atoms with Gasteiger partial charge in [-0.3, -0.25) is 14.5 Å². The SMILES string of the molecule is COc1ccc(N(C(=O)Cc2cccs2)C(C(=O)NC2CCCCC2)c2cccs2)cc1OC. The molecule has 0 saturated heterocycles. The molecule has 1 aromatic carbocycles. The highest BCUT2D eigenvalue weighted by molar-refractivity contribution is 7.10. The van der Waals surface area contributed by atoms with Gasteiger partial charge in [0.2, 0.25) is 11.8 Å². The molecule has 1 aliphatic carbocycles. The first-order valence-electron chi connectivity index (χ1n) is 11.5. The summed E-state index contributed by atoms with van der Waals surface area (Å²) in [5.74, 6) is 0.776. The molecular formula is C26H30N2O4S2. The molecule has 8 heteroatoms. The third-order valence-electron chi connectivity index (χ3n) is 6.09. The van der Waals surface area contributed by atoms with Crippen molar-refractivity contribution in [3.63, 3.8) is 0 Å². The highest BCUT2D eigenvalue weighted by Gasteiger charge is 2.35. The lowest BCUT2D eigenvalue weighted by Gasteiger charge is -2.33. The number of hydrogen-bond acceptors (Lipinski definition) is 6. The van der Waals surface area contributed by atoms with Crippen molar-refractivity contribution in [1.82, 2.24) is 5.32 Å². The molecule has 1 saturated carbocycles. The summed E-state index contributed by atoms with van der Waals surface area (Å²) in [6.45, 7) is 0. The van der Waals surface area contributed by atoms with Gasteiger partial charge in [-0.2, -0.15) is 0 Å². The van der Waals surface area contributed by atoms with Crippen molar-refractivity contribution in [1.29, 1.82) is 0 Å². The number of amides is 2. The molecule has 1 fully saturated rings. The summed E-state index contributed by atoms with van der Waals surface area (Å²) in [7, 11) is 3.13. The first-order valence-corrected chi connectivity index (χ1v) is 13.3. The first kappa shape index (κ1) is 24.3. The van der Waals surface area contributed by atoms with E-state index in [1.807, 2.05) is 41.1 Å². The molecule has 1 N–H and O–H groups in total. The molecule has 34 heavy (non-hydrogen) atoms. The average molecular weight is 499 g/mol. The van der Waals surface area contributed by atoms with E-state index in [-0.39, 0.29) is 24.3 Å². The highest BCUT2D eigenvalue weighted by atomic mass is 32.1. The molecule has 2 aromatic heterocycles. The second-order valence-electron chi connectivity index (χ2n) is 8.32. The van der Waals surface area contributed by atoms with Gasteiger partial charge in [0, 0.05) is 27.5 Å². The summed E-state index contributed by atoms with van der Waals surface area (Å²) in [4.78, 5) is 30.9. The zero-order chi connectivity index (χ0) is 23.9. The minimum Gasteiger partial charge on any atom is -0.493 e. The number of carbonyl (C=O) groups is 2. The van der Waals surface area contributed by atoms with Crippen LogP contribution in [0.15, 0.2) is 53.2 Å². The van der Waals surface area contributed by atoms with E-state index in [1.165, 1.54) is 29.1 Å². The van der Waals surface area contributed by atoms with Gasteiger partial charge in [-0.05, 0) is 47.9 Å². The monoisotopic (exact) mass is 498 g/mol. The lowest BCUT2D eigenvalue weighted by atomic mass is 9.95. The molecule has 1 unspecified atom stereocenters. The Labute approximate surface area is 208 Å². The number of methoxy groups -OCH3 is 2.